The van der Waals surface area contributed by atoms with Crippen molar-refractivity contribution < 1.29 is 27.5 Å². The Morgan fingerprint density at radius 3 is 2.52 bits per heavy atom. The molecule has 0 unspecified atom stereocenters. The minimum Gasteiger partial charge on any atom is -0.449 e. The third-order valence-corrected chi connectivity index (χ3v) is 3.58. The molecule has 0 bridgehead atoms. The van der Waals surface area contributed by atoms with Crippen LogP contribution in [-0.2, 0) is 15.7 Å². The van der Waals surface area contributed by atoms with Crippen molar-refractivity contribution in [2.75, 3.05) is 5.32 Å². The van der Waals surface area contributed by atoms with E-state index in [2.05, 4.69) is 5.32 Å². The number of thiophene rings is 1. The normalized spacial score (nSPS) is 12.5. The molecule has 1 amide bonds. The molecule has 0 saturated carbocycles. The average molecular weight is 343 g/mol. The molecule has 0 saturated heterocycles. The lowest BCUT2D eigenvalue weighted by Crippen LogP contribution is -2.30. The van der Waals surface area contributed by atoms with Crippen molar-refractivity contribution in [3.8, 4) is 0 Å². The first-order chi connectivity index (χ1) is 10.8. The van der Waals surface area contributed by atoms with Crippen molar-refractivity contribution in [2.24, 2.45) is 0 Å². The van der Waals surface area contributed by atoms with E-state index in [-0.39, 0.29) is 11.3 Å². The van der Waals surface area contributed by atoms with E-state index in [1.807, 2.05) is 0 Å². The van der Waals surface area contributed by atoms with Crippen LogP contribution in [0.25, 0.3) is 0 Å². The van der Waals surface area contributed by atoms with Gasteiger partial charge in [-0.1, -0.05) is 12.1 Å². The van der Waals surface area contributed by atoms with Crippen molar-refractivity contribution in [2.45, 2.75) is 19.2 Å². The monoisotopic (exact) mass is 343 g/mol. The zero-order valence-electron chi connectivity index (χ0n) is 11.9. The highest BCUT2D eigenvalue weighted by Crippen LogP contribution is 2.34. The van der Waals surface area contributed by atoms with Crippen LogP contribution in [0, 0.1) is 0 Å². The van der Waals surface area contributed by atoms with Crippen LogP contribution in [0.1, 0.15) is 22.8 Å². The second kappa shape index (κ2) is 6.82. The Balaban J connectivity index is 2.06. The summed E-state index contributed by atoms with van der Waals surface area (Å²) < 4.78 is 43.5. The summed E-state index contributed by atoms with van der Waals surface area (Å²) in [7, 11) is 0. The Morgan fingerprint density at radius 2 is 1.91 bits per heavy atom. The van der Waals surface area contributed by atoms with Gasteiger partial charge in [0.05, 0.1) is 16.8 Å². The van der Waals surface area contributed by atoms with Crippen LogP contribution in [0.5, 0.6) is 0 Å². The number of alkyl halides is 3. The largest absolute Gasteiger partial charge is 0.449 e. The molecule has 1 N–H and O–H groups in total. The molecular weight excluding hydrogens is 331 g/mol. The molecule has 8 heteroatoms. The number of halogens is 3. The van der Waals surface area contributed by atoms with Crippen LogP contribution in [-0.4, -0.2) is 18.0 Å². The number of esters is 1. The van der Waals surface area contributed by atoms with Gasteiger partial charge in [-0.2, -0.15) is 24.5 Å². The molecule has 0 spiro atoms. The van der Waals surface area contributed by atoms with E-state index in [1.165, 1.54) is 36.5 Å². The first-order valence-corrected chi connectivity index (χ1v) is 7.43. The number of anilines is 1. The van der Waals surface area contributed by atoms with Crippen molar-refractivity contribution in [1.29, 1.82) is 0 Å². The molecule has 1 atom stereocenters. The predicted octanol–water partition coefficient (Wildman–Crippen LogP) is 3.95. The van der Waals surface area contributed by atoms with Crippen molar-refractivity contribution in [3.05, 3.63) is 52.2 Å². The molecule has 1 aromatic heterocycles. The van der Waals surface area contributed by atoms with Crippen molar-refractivity contribution in [3.63, 3.8) is 0 Å². The van der Waals surface area contributed by atoms with E-state index in [4.69, 9.17) is 4.74 Å². The van der Waals surface area contributed by atoms with Crippen molar-refractivity contribution in [1.82, 2.24) is 0 Å². The Labute approximate surface area is 133 Å². The number of nitrogens with one attached hydrogen (secondary N) is 1. The lowest BCUT2D eigenvalue weighted by Gasteiger charge is -2.16. The maximum atomic E-state index is 12.9. The molecule has 0 aliphatic rings. The fourth-order valence-electron chi connectivity index (χ4n) is 1.74. The van der Waals surface area contributed by atoms with E-state index >= 15 is 0 Å². The van der Waals surface area contributed by atoms with Gasteiger partial charge in [0.25, 0.3) is 5.91 Å². The van der Waals surface area contributed by atoms with Gasteiger partial charge < -0.3 is 10.1 Å². The third kappa shape index (κ3) is 4.32. The fraction of sp³-hybridized carbons (Fsp3) is 0.200. The molecule has 2 rings (SSSR count). The van der Waals surface area contributed by atoms with Gasteiger partial charge >= 0.3 is 12.1 Å². The second-order valence-corrected chi connectivity index (χ2v) is 5.37. The van der Waals surface area contributed by atoms with E-state index < -0.39 is 29.7 Å². The van der Waals surface area contributed by atoms with Gasteiger partial charge in [-0.15, -0.1) is 0 Å². The zero-order valence-corrected chi connectivity index (χ0v) is 12.7. The molecular formula is C15H12F3NO3S. The average Bonchev–Trinajstić information content (AvgIpc) is 3.00. The standard InChI is InChI=1S/C15H12F3NO3S/c1-9(22-14(21)10-6-7-23-8-10)13(20)19-12-5-3-2-4-11(12)15(16,17)18/h2-9H,1H3,(H,19,20)/t9-/m0/s1. The molecule has 2 aromatic rings. The van der Waals surface area contributed by atoms with Gasteiger partial charge in [-0.25, -0.2) is 4.79 Å². The van der Waals surface area contributed by atoms with Gasteiger partial charge in [0, 0.05) is 5.38 Å². The maximum absolute atomic E-state index is 12.9. The molecule has 4 nitrogen and oxygen atoms in total. The van der Waals surface area contributed by atoms with Gasteiger partial charge in [0.15, 0.2) is 6.10 Å². The Bertz CT molecular complexity index is 698. The fourth-order valence-corrected chi connectivity index (χ4v) is 2.36. The quantitative estimate of drug-likeness (QED) is 0.855. The minimum absolute atomic E-state index is 0.283. The molecule has 0 aliphatic heterocycles. The van der Waals surface area contributed by atoms with Crippen LogP contribution in [0.2, 0.25) is 0 Å². The number of hydrogen-bond acceptors (Lipinski definition) is 4. The Kier molecular flexibility index (Phi) is 5.05. The van der Waals surface area contributed by atoms with Crippen LogP contribution < -0.4 is 5.32 Å². The predicted molar refractivity (Wildman–Crippen MR) is 79.3 cm³/mol. The first-order valence-electron chi connectivity index (χ1n) is 6.49. The van der Waals surface area contributed by atoms with Gasteiger partial charge in [0.2, 0.25) is 0 Å². The van der Waals surface area contributed by atoms with E-state index in [0.29, 0.717) is 0 Å². The lowest BCUT2D eigenvalue weighted by molar-refractivity contribution is -0.137. The SMILES string of the molecule is C[C@H](OC(=O)c1ccsc1)C(=O)Nc1ccccc1C(F)(F)F. The summed E-state index contributed by atoms with van der Waals surface area (Å²) in [6.07, 6.45) is -5.83. The van der Waals surface area contributed by atoms with Crippen LogP contribution in [0.15, 0.2) is 41.1 Å². The van der Waals surface area contributed by atoms with Crippen molar-refractivity contribution >= 4 is 28.9 Å². The topological polar surface area (TPSA) is 55.4 Å². The highest BCUT2D eigenvalue weighted by Gasteiger charge is 2.34. The van der Waals surface area contributed by atoms with E-state index in [1.54, 1.807) is 10.8 Å². The summed E-state index contributed by atoms with van der Waals surface area (Å²) in [6.45, 7) is 1.29. The zero-order chi connectivity index (χ0) is 17.0. The molecule has 0 fully saturated rings. The molecule has 0 radical (unpaired) electrons. The summed E-state index contributed by atoms with van der Waals surface area (Å²) in [5.41, 5.74) is -1.07. The summed E-state index contributed by atoms with van der Waals surface area (Å²) in [6, 6.07) is 6.10. The molecule has 23 heavy (non-hydrogen) atoms. The smallest absolute Gasteiger partial charge is 0.418 e. The van der Waals surface area contributed by atoms with Gasteiger partial charge in [-0.05, 0) is 30.5 Å². The number of para-hydroxylation sites is 1. The molecule has 1 heterocycles. The second-order valence-electron chi connectivity index (χ2n) is 4.59. The minimum atomic E-state index is -4.60. The first kappa shape index (κ1) is 17.0. The summed E-state index contributed by atoms with van der Waals surface area (Å²) in [5.74, 6) is -1.55. The summed E-state index contributed by atoms with van der Waals surface area (Å²) >= 11 is 1.28. The number of amides is 1. The maximum Gasteiger partial charge on any atom is 0.418 e. The van der Waals surface area contributed by atoms with Gasteiger partial charge in [0.1, 0.15) is 0 Å². The molecule has 122 valence electrons. The number of rotatable bonds is 4. The summed E-state index contributed by atoms with van der Waals surface area (Å²) in [5, 5.41) is 5.35. The van der Waals surface area contributed by atoms with E-state index in [0.717, 1.165) is 12.1 Å². The van der Waals surface area contributed by atoms with E-state index in [9.17, 15) is 22.8 Å². The number of ether oxygens (including phenoxy) is 1. The molecule has 0 aliphatic carbocycles. The highest BCUT2D eigenvalue weighted by atomic mass is 32.1. The number of carbonyl (C=O) groups excluding carboxylic acids is 2. The number of carbonyl (C=O) groups is 2. The highest BCUT2D eigenvalue weighted by molar-refractivity contribution is 7.08. The molecule has 1 aromatic carbocycles. The van der Waals surface area contributed by atoms with Crippen LogP contribution in [0.3, 0.4) is 0 Å². The lowest BCUT2D eigenvalue weighted by atomic mass is 10.1. The van der Waals surface area contributed by atoms with Crippen LogP contribution in [0.4, 0.5) is 18.9 Å². The Morgan fingerprint density at radius 1 is 1.22 bits per heavy atom. The van der Waals surface area contributed by atoms with Crippen LogP contribution >= 0.6 is 11.3 Å². The third-order valence-electron chi connectivity index (χ3n) is 2.90. The number of hydrogen-bond donors (Lipinski definition) is 1. The number of benzene rings is 1. The summed E-state index contributed by atoms with van der Waals surface area (Å²) in [4.78, 5) is 23.7. The Hall–Kier alpha value is -2.35. The van der Waals surface area contributed by atoms with Gasteiger partial charge in [-0.3, -0.25) is 4.79 Å².